The molecule has 19 heavy (non-hydrogen) atoms. The van der Waals surface area contributed by atoms with Crippen LogP contribution in [0.25, 0.3) is 0 Å². The fraction of sp³-hybridized carbons (Fsp3) is 0.571. The van der Waals surface area contributed by atoms with E-state index in [0.717, 1.165) is 25.0 Å². The lowest BCUT2D eigenvalue weighted by molar-refractivity contribution is -0.148. The van der Waals surface area contributed by atoms with E-state index in [1.165, 1.54) is 0 Å². The van der Waals surface area contributed by atoms with Crippen molar-refractivity contribution in [3.63, 3.8) is 0 Å². The van der Waals surface area contributed by atoms with E-state index in [1.54, 1.807) is 12.1 Å². The Bertz CT molecular complexity index is 472. The fourth-order valence-corrected chi connectivity index (χ4v) is 2.54. The quantitative estimate of drug-likeness (QED) is 0.855. The Balaban J connectivity index is 1.97. The first-order chi connectivity index (χ1) is 9.07. The van der Waals surface area contributed by atoms with Crippen molar-refractivity contribution in [2.45, 2.75) is 39.0 Å². The molecule has 1 aromatic heterocycles. The molecule has 0 bridgehead atoms. The van der Waals surface area contributed by atoms with Crippen molar-refractivity contribution in [1.82, 2.24) is 5.32 Å². The van der Waals surface area contributed by atoms with Gasteiger partial charge in [-0.05, 0) is 25.0 Å². The second kappa shape index (κ2) is 5.47. The van der Waals surface area contributed by atoms with Crippen LogP contribution in [0.15, 0.2) is 16.5 Å². The molecule has 0 saturated heterocycles. The number of aryl methyl sites for hydroxylation is 1. The largest absolute Gasteiger partial charge is 0.481 e. The third-order valence-corrected chi connectivity index (χ3v) is 3.84. The monoisotopic (exact) mass is 265 g/mol. The van der Waals surface area contributed by atoms with Gasteiger partial charge < -0.3 is 14.8 Å². The molecule has 1 amide bonds. The molecule has 1 aromatic rings. The van der Waals surface area contributed by atoms with Crippen LogP contribution < -0.4 is 5.32 Å². The van der Waals surface area contributed by atoms with Gasteiger partial charge in [0.1, 0.15) is 5.76 Å². The molecule has 1 saturated carbocycles. The molecule has 5 heteroatoms. The summed E-state index contributed by atoms with van der Waals surface area (Å²) in [5.74, 6) is -0.166. The first kappa shape index (κ1) is 13.6. The van der Waals surface area contributed by atoms with Crippen LogP contribution in [0, 0.1) is 5.41 Å². The van der Waals surface area contributed by atoms with Crippen molar-refractivity contribution in [1.29, 1.82) is 0 Å². The second-order valence-corrected chi connectivity index (χ2v) is 5.09. The third-order valence-electron chi connectivity index (χ3n) is 3.84. The molecule has 0 radical (unpaired) electrons. The first-order valence-corrected chi connectivity index (χ1v) is 6.68. The number of furan rings is 1. The molecular weight excluding hydrogens is 246 g/mol. The molecule has 0 aliphatic heterocycles. The molecule has 0 aromatic carbocycles. The van der Waals surface area contributed by atoms with Gasteiger partial charge in [0.25, 0.3) is 5.91 Å². The number of amides is 1. The summed E-state index contributed by atoms with van der Waals surface area (Å²) in [5.41, 5.74) is -0.796. The van der Waals surface area contributed by atoms with E-state index in [2.05, 4.69) is 5.32 Å². The van der Waals surface area contributed by atoms with Gasteiger partial charge in [0.15, 0.2) is 5.76 Å². The lowest BCUT2D eigenvalue weighted by Gasteiger charge is -2.23. The number of carboxylic acids is 1. The van der Waals surface area contributed by atoms with E-state index < -0.39 is 11.4 Å². The van der Waals surface area contributed by atoms with Gasteiger partial charge in [-0.15, -0.1) is 0 Å². The number of aliphatic carboxylic acids is 1. The van der Waals surface area contributed by atoms with Crippen LogP contribution in [-0.2, 0) is 11.2 Å². The Kier molecular flexibility index (Phi) is 3.93. The van der Waals surface area contributed by atoms with E-state index >= 15 is 0 Å². The van der Waals surface area contributed by atoms with Crippen molar-refractivity contribution in [3.05, 3.63) is 23.7 Å². The Morgan fingerprint density at radius 3 is 2.58 bits per heavy atom. The average Bonchev–Trinajstić information content (AvgIpc) is 3.05. The summed E-state index contributed by atoms with van der Waals surface area (Å²) in [5, 5.41) is 12.0. The summed E-state index contributed by atoms with van der Waals surface area (Å²) in [7, 11) is 0. The zero-order valence-corrected chi connectivity index (χ0v) is 11.1. The molecule has 5 nitrogen and oxygen atoms in total. The summed E-state index contributed by atoms with van der Waals surface area (Å²) >= 11 is 0. The van der Waals surface area contributed by atoms with E-state index in [9.17, 15) is 14.7 Å². The zero-order valence-electron chi connectivity index (χ0n) is 11.1. The number of carboxylic acid groups (broad SMARTS) is 1. The van der Waals surface area contributed by atoms with Gasteiger partial charge in [-0.3, -0.25) is 9.59 Å². The lowest BCUT2D eigenvalue weighted by Crippen LogP contribution is -2.41. The molecule has 0 atom stereocenters. The van der Waals surface area contributed by atoms with Crippen LogP contribution in [0.2, 0.25) is 0 Å². The van der Waals surface area contributed by atoms with Gasteiger partial charge in [-0.25, -0.2) is 0 Å². The van der Waals surface area contributed by atoms with Crippen LogP contribution in [-0.4, -0.2) is 23.5 Å². The standard InChI is InChI=1S/C14H19NO4/c1-2-10-5-6-11(19-10)12(16)15-9-14(13(17)18)7-3-4-8-14/h5-6H,2-4,7-9H2,1H3,(H,15,16)(H,17,18). The highest BCUT2D eigenvalue weighted by atomic mass is 16.4. The summed E-state index contributed by atoms with van der Waals surface area (Å²) in [6.07, 6.45) is 3.79. The number of carbonyl (C=O) groups excluding carboxylic acids is 1. The van der Waals surface area contributed by atoms with Crippen molar-refractivity contribution in [2.24, 2.45) is 5.41 Å². The average molecular weight is 265 g/mol. The van der Waals surface area contributed by atoms with Gasteiger partial charge in [0, 0.05) is 13.0 Å². The summed E-state index contributed by atoms with van der Waals surface area (Å²) in [6.45, 7) is 2.11. The minimum absolute atomic E-state index is 0.170. The SMILES string of the molecule is CCc1ccc(C(=O)NCC2(C(=O)O)CCCC2)o1. The molecule has 104 valence electrons. The highest BCUT2D eigenvalue weighted by molar-refractivity contribution is 5.92. The maximum Gasteiger partial charge on any atom is 0.311 e. The molecule has 0 unspecified atom stereocenters. The summed E-state index contributed by atoms with van der Waals surface area (Å²) < 4.78 is 5.34. The van der Waals surface area contributed by atoms with Crippen LogP contribution >= 0.6 is 0 Å². The van der Waals surface area contributed by atoms with Crippen LogP contribution in [0.1, 0.15) is 48.9 Å². The first-order valence-electron chi connectivity index (χ1n) is 6.68. The second-order valence-electron chi connectivity index (χ2n) is 5.09. The Morgan fingerprint density at radius 2 is 2.05 bits per heavy atom. The highest BCUT2D eigenvalue weighted by Gasteiger charge is 2.41. The number of hydrogen-bond donors (Lipinski definition) is 2. The van der Waals surface area contributed by atoms with E-state index in [0.29, 0.717) is 12.8 Å². The van der Waals surface area contributed by atoms with E-state index in [1.807, 2.05) is 6.92 Å². The lowest BCUT2D eigenvalue weighted by atomic mass is 9.86. The Hall–Kier alpha value is -1.78. The van der Waals surface area contributed by atoms with E-state index in [-0.39, 0.29) is 18.2 Å². The fourth-order valence-electron chi connectivity index (χ4n) is 2.54. The highest BCUT2D eigenvalue weighted by Crippen LogP contribution is 2.37. The normalized spacial score (nSPS) is 17.3. The van der Waals surface area contributed by atoms with Crippen LogP contribution in [0.3, 0.4) is 0 Å². The molecule has 1 fully saturated rings. The molecule has 0 spiro atoms. The van der Waals surface area contributed by atoms with Crippen molar-refractivity contribution >= 4 is 11.9 Å². The number of nitrogens with one attached hydrogen (secondary N) is 1. The summed E-state index contributed by atoms with van der Waals surface area (Å²) in [6, 6.07) is 3.38. The van der Waals surface area contributed by atoms with Crippen molar-refractivity contribution < 1.29 is 19.1 Å². The van der Waals surface area contributed by atoms with Crippen molar-refractivity contribution in [3.8, 4) is 0 Å². The van der Waals surface area contributed by atoms with Gasteiger partial charge in [0.05, 0.1) is 5.41 Å². The number of hydrogen-bond acceptors (Lipinski definition) is 3. The van der Waals surface area contributed by atoms with Crippen molar-refractivity contribution in [2.75, 3.05) is 6.54 Å². The predicted molar refractivity (Wildman–Crippen MR) is 69.0 cm³/mol. The van der Waals surface area contributed by atoms with E-state index in [4.69, 9.17) is 4.42 Å². The van der Waals surface area contributed by atoms with Gasteiger partial charge in [-0.2, -0.15) is 0 Å². The Morgan fingerprint density at radius 1 is 1.37 bits per heavy atom. The molecule has 2 rings (SSSR count). The molecule has 2 N–H and O–H groups in total. The van der Waals surface area contributed by atoms with Crippen LogP contribution in [0.5, 0.6) is 0 Å². The maximum absolute atomic E-state index is 11.9. The van der Waals surface area contributed by atoms with Gasteiger partial charge in [0.2, 0.25) is 0 Å². The summed E-state index contributed by atoms with van der Waals surface area (Å²) in [4.78, 5) is 23.2. The zero-order chi connectivity index (χ0) is 13.9. The van der Waals surface area contributed by atoms with Crippen LogP contribution in [0.4, 0.5) is 0 Å². The van der Waals surface area contributed by atoms with Gasteiger partial charge >= 0.3 is 5.97 Å². The minimum Gasteiger partial charge on any atom is -0.481 e. The predicted octanol–water partition coefficient (Wildman–Crippen LogP) is 2.22. The molecule has 1 aliphatic carbocycles. The smallest absolute Gasteiger partial charge is 0.311 e. The maximum atomic E-state index is 11.9. The minimum atomic E-state index is -0.820. The molecule has 1 aliphatic rings. The molecular formula is C14H19NO4. The van der Waals surface area contributed by atoms with Gasteiger partial charge in [-0.1, -0.05) is 19.8 Å². The molecule has 1 heterocycles. The Labute approximate surface area is 112 Å². The third kappa shape index (κ3) is 2.80. The number of rotatable bonds is 5. The topological polar surface area (TPSA) is 79.5 Å². The number of carbonyl (C=O) groups is 2.